The monoisotopic (exact) mass is 455 g/mol. The fraction of sp³-hybridized carbons (Fsp3) is 0.550. The highest BCUT2D eigenvalue weighted by molar-refractivity contribution is 9.10. The number of carboxylic acids is 1. The number of carbonyl (C=O) groups is 3. The van der Waals surface area contributed by atoms with Crippen molar-refractivity contribution in [2.24, 2.45) is 11.3 Å². The zero-order valence-electron chi connectivity index (χ0n) is 17.2. The number of rotatable bonds is 7. The predicted molar refractivity (Wildman–Crippen MR) is 113 cm³/mol. The van der Waals surface area contributed by atoms with Crippen LogP contribution in [-0.2, 0) is 9.59 Å². The Labute approximate surface area is 174 Å². The quantitative estimate of drug-likeness (QED) is 0.498. The van der Waals surface area contributed by atoms with Crippen molar-refractivity contribution in [3.63, 3.8) is 0 Å². The normalized spacial score (nSPS) is 14.7. The average Bonchev–Trinajstić information content (AvgIpc) is 2.54. The zero-order chi connectivity index (χ0) is 21.7. The van der Waals surface area contributed by atoms with Gasteiger partial charge in [0.15, 0.2) is 0 Å². The van der Waals surface area contributed by atoms with Gasteiger partial charge in [-0.05, 0) is 48.9 Å². The maximum atomic E-state index is 12.9. The smallest absolute Gasteiger partial charge is 0.329 e. The molecule has 0 bridgehead atoms. The number of carbonyl (C=O) groups excluding carboxylic acids is 2. The molecule has 8 heteroatoms. The molecule has 0 saturated heterocycles. The minimum atomic E-state index is -1.48. The number of carboxylic acid groups (broad SMARTS) is 1. The molecular weight excluding hydrogens is 426 g/mol. The summed E-state index contributed by atoms with van der Waals surface area (Å²) in [5.74, 6) is -1.54. The largest absolute Gasteiger partial charge is 0.479 e. The van der Waals surface area contributed by atoms with Gasteiger partial charge in [0.2, 0.25) is 5.91 Å². The minimum Gasteiger partial charge on any atom is -0.479 e. The third-order valence-electron chi connectivity index (χ3n) is 4.73. The molecule has 0 spiro atoms. The summed E-state index contributed by atoms with van der Waals surface area (Å²) in [5.41, 5.74) is -1.63. The Hall–Kier alpha value is -2.09. The Balaban J connectivity index is 2.94. The second-order valence-corrected chi connectivity index (χ2v) is 9.37. The van der Waals surface area contributed by atoms with Crippen molar-refractivity contribution in [2.45, 2.75) is 59.5 Å². The Bertz CT molecular complexity index is 713. The van der Waals surface area contributed by atoms with Crippen LogP contribution < -0.4 is 16.0 Å². The Morgan fingerprint density at radius 3 is 2.04 bits per heavy atom. The second-order valence-electron chi connectivity index (χ2n) is 8.46. The van der Waals surface area contributed by atoms with Gasteiger partial charge < -0.3 is 21.1 Å². The number of benzene rings is 1. The Morgan fingerprint density at radius 2 is 1.61 bits per heavy atom. The van der Waals surface area contributed by atoms with Crippen LogP contribution in [0.1, 0.15) is 48.0 Å². The Kier molecular flexibility index (Phi) is 8.05. The van der Waals surface area contributed by atoms with E-state index in [0.717, 1.165) is 4.47 Å². The lowest BCUT2D eigenvalue weighted by molar-refractivity contribution is -0.152. The molecule has 0 fully saturated rings. The molecule has 1 rings (SSSR count). The summed E-state index contributed by atoms with van der Waals surface area (Å²) in [6.07, 6.45) is 0.374. The van der Waals surface area contributed by atoms with Crippen LogP contribution in [0.3, 0.4) is 0 Å². The molecule has 1 aromatic carbocycles. The molecule has 2 atom stereocenters. The molecule has 0 heterocycles. The Morgan fingerprint density at radius 1 is 1.07 bits per heavy atom. The summed E-state index contributed by atoms with van der Waals surface area (Å²) in [5, 5.41) is 17.6. The van der Waals surface area contributed by atoms with Crippen LogP contribution in [0.15, 0.2) is 28.7 Å². The van der Waals surface area contributed by atoms with Gasteiger partial charge in [-0.25, -0.2) is 9.59 Å². The summed E-state index contributed by atoms with van der Waals surface area (Å²) >= 11 is 3.32. The van der Waals surface area contributed by atoms with Crippen molar-refractivity contribution in [2.75, 3.05) is 5.32 Å². The molecule has 0 unspecified atom stereocenters. The first-order valence-electron chi connectivity index (χ1n) is 9.14. The molecule has 0 aromatic heterocycles. The van der Waals surface area contributed by atoms with Gasteiger partial charge in [-0.2, -0.15) is 0 Å². The number of aliphatic carboxylic acids is 1. The van der Waals surface area contributed by atoms with Crippen molar-refractivity contribution >= 4 is 39.5 Å². The van der Waals surface area contributed by atoms with Gasteiger partial charge in [0.25, 0.3) is 0 Å². The highest BCUT2D eigenvalue weighted by Crippen LogP contribution is 2.30. The second kappa shape index (κ2) is 9.41. The van der Waals surface area contributed by atoms with Crippen molar-refractivity contribution in [3.05, 3.63) is 28.7 Å². The molecule has 4 N–H and O–H groups in total. The van der Waals surface area contributed by atoms with E-state index < -0.39 is 34.9 Å². The fourth-order valence-electron chi connectivity index (χ4n) is 2.46. The lowest BCUT2D eigenvalue weighted by atomic mass is 9.74. The van der Waals surface area contributed by atoms with Gasteiger partial charge in [0, 0.05) is 10.2 Å². The number of anilines is 1. The molecule has 7 nitrogen and oxygen atoms in total. The molecule has 1 aromatic rings. The summed E-state index contributed by atoms with van der Waals surface area (Å²) in [4.78, 5) is 37.0. The van der Waals surface area contributed by atoms with E-state index in [0.29, 0.717) is 12.1 Å². The first-order valence-corrected chi connectivity index (χ1v) is 9.94. The van der Waals surface area contributed by atoms with E-state index in [2.05, 4.69) is 31.9 Å². The highest BCUT2D eigenvalue weighted by atomic mass is 79.9. The molecule has 3 amide bonds. The highest BCUT2D eigenvalue weighted by Gasteiger charge is 2.46. The standard InChI is InChI=1S/C20H30BrN3O4/c1-12(2)11-15(16(25)24-20(6,17(26)27)19(3,4)5)23-18(28)22-14-9-7-13(21)8-10-14/h7-10,12,15H,11H2,1-6H3,(H,24,25)(H,26,27)(H2,22,23,28)/t15-,20+/m0/s1. The lowest BCUT2D eigenvalue weighted by Crippen LogP contribution is -2.63. The van der Waals surface area contributed by atoms with Crippen LogP contribution in [0.25, 0.3) is 0 Å². The lowest BCUT2D eigenvalue weighted by Gasteiger charge is -2.39. The number of urea groups is 1. The van der Waals surface area contributed by atoms with Gasteiger partial charge >= 0.3 is 12.0 Å². The van der Waals surface area contributed by atoms with Crippen molar-refractivity contribution in [3.8, 4) is 0 Å². The van der Waals surface area contributed by atoms with Crippen LogP contribution in [0.4, 0.5) is 10.5 Å². The molecule has 0 aliphatic rings. The summed E-state index contributed by atoms with van der Waals surface area (Å²) in [6.45, 7) is 10.6. The maximum Gasteiger partial charge on any atom is 0.329 e. The summed E-state index contributed by atoms with van der Waals surface area (Å²) < 4.78 is 0.880. The van der Waals surface area contributed by atoms with Gasteiger partial charge in [0.05, 0.1) is 0 Å². The van der Waals surface area contributed by atoms with Crippen LogP contribution in [-0.4, -0.2) is 34.6 Å². The van der Waals surface area contributed by atoms with E-state index in [1.165, 1.54) is 6.92 Å². The van der Waals surface area contributed by atoms with E-state index >= 15 is 0 Å². The number of hydrogen-bond acceptors (Lipinski definition) is 3. The summed E-state index contributed by atoms with van der Waals surface area (Å²) in [6, 6.07) is 5.63. The number of amides is 3. The van der Waals surface area contributed by atoms with Crippen molar-refractivity contribution in [1.29, 1.82) is 0 Å². The van der Waals surface area contributed by atoms with E-state index in [4.69, 9.17) is 0 Å². The fourth-order valence-corrected chi connectivity index (χ4v) is 2.72. The van der Waals surface area contributed by atoms with Crippen LogP contribution in [0, 0.1) is 11.3 Å². The molecule has 0 aliphatic heterocycles. The molecule has 0 aliphatic carbocycles. The molecule has 28 heavy (non-hydrogen) atoms. The first-order chi connectivity index (χ1) is 12.8. The molecule has 0 radical (unpaired) electrons. The number of nitrogens with one attached hydrogen (secondary N) is 3. The summed E-state index contributed by atoms with van der Waals surface area (Å²) in [7, 11) is 0. The number of halogens is 1. The third kappa shape index (κ3) is 6.51. The SMILES string of the molecule is CC(C)C[C@H](NC(=O)Nc1ccc(Br)cc1)C(=O)N[C@](C)(C(=O)O)C(C)(C)C. The van der Waals surface area contributed by atoms with Gasteiger partial charge in [-0.15, -0.1) is 0 Å². The van der Waals surface area contributed by atoms with E-state index in [1.807, 2.05) is 13.8 Å². The molecule has 0 saturated carbocycles. The average molecular weight is 456 g/mol. The van der Waals surface area contributed by atoms with Crippen LogP contribution in [0.2, 0.25) is 0 Å². The molecular formula is C20H30BrN3O4. The van der Waals surface area contributed by atoms with Crippen LogP contribution in [0.5, 0.6) is 0 Å². The third-order valence-corrected chi connectivity index (χ3v) is 5.26. The topological polar surface area (TPSA) is 108 Å². The van der Waals surface area contributed by atoms with E-state index in [9.17, 15) is 19.5 Å². The van der Waals surface area contributed by atoms with Crippen molar-refractivity contribution in [1.82, 2.24) is 10.6 Å². The predicted octanol–water partition coefficient (Wildman–Crippen LogP) is 3.99. The first kappa shape index (κ1) is 23.9. The van der Waals surface area contributed by atoms with E-state index in [-0.39, 0.29) is 5.92 Å². The zero-order valence-corrected chi connectivity index (χ0v) is 18.8. The van der Waals surface area contributed by atoms with Gasteiger partial charge in [-0.1, -0.05) is 50.5 Å². The van der Waals surface area contributed by atoms with Gasteiger partial charge in [0.1, 0.15) is 11.6 Å². The number of hydrogen-bond donors (Lipinski definition) is 4. The maximum absolute atomic E-state index is 12.9. The molecule has 156 valence electrons. The minimum absolute atomic E-state index is 0.120. The van der Waals surface area contributed by atoms with Gasteiger partial charge in [-0.3, -0.25) is 4.79 Å². The van der Waals surface area contributed by atoms with Crippen molar-refractivity contribution < 1.29 is 19.5 Å². The van der Waals surface area contributed by atoms with Crippen LogP contribution >= 0.6 is 15.9 Å². The van der Waals surface area contributed by atoms with E-state index in [1.54, 1.807) is 45.0 Å².